The van der Waals surface area contributed by atoms with Crippen LogP contribution >= 0.6 is 0 Å². The highest BCUT2D eigenvalue weighted by molar-refractivity contribution is 5.97. The van der Waals surface area contributed by atoms with Gasteiger partial charge in [0.2, 0.25) is 0 Å². The number of hydrazine groups is 1. The van der Waals surface area contributed by atoms with E-state index in [1.807, 2.05) is 0 Å². The number of benzene rings is 1. The van der Waals surface area contributed by atoms with Crippen LogP contribution in [0, 0.1) is 0 Å². The Morgan fingerprint density at radius 2 is 2.19 bits per heavy atom. The maximum Gasteiger partial charge on any atom is 0.341 e. The van der Waals surface area contributed by atoms with E-state index in [0.29, 0.717) is 16.6 Å². The van der Waals surface area contributed by atoms with Crippen LogP contribution in [0.2, 0.25) is 0 Å². The Morgan fingerprint density at radius 1 is 1.44 bits per heavy atom. The lowest BCUT2D eigenvalue weighted by molar-refractivity contribution is 0.0695. The van der Waals surface area contributed by atoms with Crippen LogP contribution in [0.1, 0.15) is 10.4 Å². The van der Waals surface area contributed by atoms with E-state index in [1.165, 1.54) is 6.07 Å². The maximum atomic E-state index is 11.4. The third-order valence-electron chi connectivity index (χ3n) is 2.27. The minimum absolute atomic E-state index is 0.310. The first-order valence-electron chi connectivity index (χ1n) is 4.49. The topological polar surface area (TPSA) is 108 Å². The van der Waals surface area contributed by atoms with Crippen molar-refractivity contribution in [3.63, 3.8) is 0 Å². The molecule has 0 saturated heterocycles. The number of aromatic nitrogens is 1. The highest BCUT2D eigenvalue weighted by atomic mass is 16.4. The molecular weight excluding hydrogens is 210 g/mol. The third kappa shape index (κ3) is 1.51. The van der Waals surface area contributed by atoms with Gasteiger partial charge >= 0.3 is 5.97 Å². The Morgan fingerprint density at radius 3 is 2.81 bits per heavy atom. The molecule has 6 heteroatoms. The molecule has 1 heterocycles. The zero-order valence-corrected chi connectivity index (χ0v) is 8.15. The van der Waals surface area contributed by atoms with Gasteiger partial charge in [0.1, 0.15) is 5.56 Å². The molecule has 0 bridgehead atoms. The highest BCUT2D eigenvalue weighted by Gasteiger charge is 2.11. The van der Waals surface area contributed by atoms with Gasteiger partial charge in [-0.15, -0.1) is 0 Å². The van der Waals surface area contributed by atoms with Gasteiger partial charge in [-0.25, -0.2) is 4.79 Å². The van der Waals surface area contributed by atoms with Crippen molar-refractivity contribution in [2.75, 3.05) is 5.43 Å². The summed E-state index contributed by atoms with van der Waals surface area (Å²) in [4.78, 5) is 24.7. The van der Waals surface area contributed by atoms with Crippen LogP contribution in [-0.2, 0) is 0 Å². The second-order valence-corrected chi connectivity index (χ2v) is 3.23. The standard InChI is InChI=1S/C10H9N3O3/c11-13-8-3-1-2-7-5(8)4-6(10(15)16)9(14)12-7/h1-4,13H,11H2,(H,12,14)(H,15,16). The van der Waals surface area contributed by atoms with Crippen molar-refractivity contribution in [2.24, 2.45) is 5.84 Å². The van der Waals surface area contributed by atoms with E-state index >= 15 is 0 Å². The van der Waals surface area contributed by atoms with Crippen LogP contribution in [0.25, 0.3) is 10.9 Å². The molecule has 1 aromatic heterocycles. The van der Waals surface area contributed by atoms with E-state index in [0.717, 1.165) is 0 Å². The highest BCUT2D eigenvalue weighted by Crippen LogP contribution is 2.20. The molecule has 0 fully saturated rings. The molecule has 0 aliphatic carbocycles. The lowest BCUT2D eigenvalue weighted by Crippen LogP contribution is -2.17. The average Bonchev–Trinajstić information content (AvgIpc) is 2.26. The van der Waals surface area contributed by atoms with Crippen molar-refractivity contribution in [2.45, 2.75) is 0 Å². The molecule has 0 atom stereocenters. The number of nitrogen functional groups attached to an aromatic ring is 1. The molecule has 16 heavy (non-hydrogen) atoms. The van der Waals surface area contributed by atoms with Gasteiger partial charge in [-0.05, 0) is 18.2 Å². The van der Waals surface area contributed by atoms with Gasteiger partial charge < -0.3 is 15.5 Å². The Labute approximate surface area is 89.7 Å². The van der Waals surface area contributed by atoms with Crippen LogP contribution in [0.3, 0.4) is 0 Å². The summed E-state index contributed by atoms with van der Waals surface area (Å²) in [5, 5.41) is 9.37. The van der Waals surface area contributed by atoms with Gasteiger partial charge in [0.05, 0.1) is 11.2 Å². The molecule has 1 aromatic carbocycles. The van der Waals surface area contributed by atoms with E-state index in [2.05, 4.69) is 10.4 Å². The van der Waals surface area contributed by atoms with Crippen LogP contribution in [0.5, 0.6) is 0 Å². The zero-order chi connectivity index (χ0) is 11.7. The first kappa shape index (κ1) is 10.2. The predicted octanol–water partition coefficient (Wildman–Crippen LogP) is 0.512. The molecule has 0 amide bonds. The molecule has 5 N–H and O–H groups in total. The Kier molecular flexibility index (Phi) is 2.34. The van der Waals surface area contributed by atoms with Crippen LogP contribution < -0.4 is 16.8 Å². The van der Waals surface area contributed by atoms with E-state index in [4.69, 9.17) is 10.9 Å². The second-order valence-electron chi connectivity index (χ2n) is 3.23. The zero-order valence-electron chi connectivity index (χ0n) is 8.15. The average molecular weight is 219 g/mol. The molecule has 2 rings (SSSR count). The van der Waals surface area contributed by atoms with Crippen molar-refractivity contribution in [3.05, 3.63) is 40.2 Å². The van der Waals surface area contributed by atoms with Crippen molar-refractivity contribution in [1.82, 2.24) is 4.98 Å². The number of rotatable bonds is 2. The van der Waals surface area contributed by atoms with Gasteiger partial charge in [-0.3, -0.25) is 10.6 Å². The van der Waals surface area contributed by atoms with Gasteiger partial charge in [-0.2, -0.15) is 0 Å². The fourth-order valence-corrected chi connectivity index (χ4v) is 1.51. The normalized spacial score (nSPS) is 10.3. The number of carbonyl (C=O) groups is 1. The van der Waals surface area contributed by atoms with Crippen molar-refractivity contribution in [3.8, 4) is 0 Å². The minimum Gasteiger partial charge on any atom is -0.477 e. The quantitative estimate of drug-likeness (QED) is 0.434. The second kappa shape index (κ2) is 3.67. The lowest BCUT2D eigenvalue weighted by Gasteiger charge is -2.05. The fraction of sp³-hybridized carbons (Fsp3) is 0. The Hall–Kier alpha value is -2.34. The van der Waals surface area contributed by atoms with Gasteiger partial charge in [0.25, 0.3) is 5.56 Å². The molecule has 2 aromatic rings. The number of carboxylic acid groups (broad SMARTS) is 1. The summed E-state index contributed by atoms with van der Waals surface area (Å²) in [5.74, 6) is 4.02. The molecule has 0 radical (unpaired) electrons. The number of nitrogens with one attached hydrogen (secondary N) is 2. The number of pyridine rings is 1. The number of hydrogen-bond donors (Lipinski definition) is 4. The molecule has 0 unspecified atom stereocenters. The molecular formula is C10H9N3O3. The third-order valence-corrected chi connectivity index (χ3v) is 2.27. The summed E-state index contributed by atoms with van der Waals surface area (Å²) < 4.78 is 0. The fourth-order valence-electron chi connectivity index (χ4n) is 1.51. The number of nitrogens with two attached hydrogens (primary N) is 1. The first-order chi connectivity index (χ1) is 7.63. The number of fused-ring (bicyclic) bond motifs is 1. The van der Waals surface area contributed by atoms with Gasteiger partial charge in [-0.1, -0.05) is 6.07 Å². The van der Waals surface area contributed by atoms with Crippen molar-refractivity contribution >= 4 is 22.6 Å². The van der Waals surface area contributed by atoms with E-state index in [1.54, 1.807) is 18.2 Å². The van der Waals surface area contributed by atoms with Gasteiger partial charge in [0.15, 0.2) is 0 Å². The molecule has 82 valence electrons. The van der Waals surface area contributed by atoms with Crippen LogP contribution in [0.4, 0.5) is 5.69 Å². The summed E-state index contributed by atoms with van der Waals surface area (Å²) in [6.45, 7) is 0. The largest absolute Gasteiger partial charge is 0.477 e. The molecule has 0 aliphatic rings. The van der Waals surface area contributed by atoms with Crippen molar-refractivity contribution < 1.29 is 9.90 Å². The number of anilines is 1. The molecule has 0 spiro atoms. The summed E-state index contributed by atoms with van der Waals surface area (Å²) >= 11 is 0. The summed E-state index contributed by atoms with van der Waals surface area (Å²) in [6.07, 6.45) is 0. The summed E-state index contributed by atoms with van der Waals surface area (Å²) in [7, 11) is 0. The number of carboxylic acids is 1. The minimum atomic E-state index is -1.27. The number of aromatic amines is 1. The van der Waals surface area contributed by atoms with Crippen molar-refractivity contribution in [1.29, 1.82) is 0 Å². The smallest absolute Gasteiger partial charge is 0.341 e. The Bertz CT molecular complexity index is 618. The number of aromatic carboxylic acids is 1. The van der Waals surface area contributed by atoms with Gasteiger partial charge in [0, 0.05) is 5.39 Å². The van der Waals surface area contributed by atoms with E-state index < -0.39 is 11.5 Å². The first-order valence-corrected chi connectivity index (χ1v) is 4.49. The maximum absolute atomic E-state index is 11.4. The monoisotopic (exact) mass is 219 g/mol. The van der Waals surface area contributed by atoms with E-state index in [-0.39, 0.29) is 5.56 Å². The van der Waals surface area contributed by atoms with Crippen LogP contribution in [-0.4, -0.2) is 16.1 Å². The predicted molar refractivity (Wildman–Crippen MR) is 59.3 cm³/mol. The molecule has 0 aliphatic heterocycles. The number of hydrogen-bond acceptors (Lipinski definition) is 4. The molecule has 0 saturated carbocycles. The summed E-state index contributed by atoms with van der Waals surface area (Å²) in [5.41, 5.74) is 2.59. The lowest BCUT2D eigenvalue weighted by atomic mass is 10.1. The number of H-pyrrole nitrogens is 1. The molecule has 6 nitrogen and oxygen atoms in total. The van der Waals surface area contributed by atoms with Crippen LogP contribution in [0.15, 0.2) is 29.1 Å². The SMILES string of the molecule is NNc1cccc2[nH]c(=O)c(C(=O)O)cc12. The Balaban J connectivity index is 2.85. The summed E-state index contributed by atoms with van der Waals surface area (Å²) in [6, 6.07) is 6.36. The van der Waals surface area contributed by atoms with E-state index in [9.17, 15) is 9.59 Å².